The van der Waals surface area contributed by atoms with Gasteiger partial charge in [0.05, 0.1) is 11.6 Å². The summed E-state index contributed by atoms with van der Waals surface area (Å²) in [6, 6.07) is 6.45. The van der Waals surface area contributed by atoms with Crippen molar-refractivity contribution in [1.82, 2.24) is 5.32 Å². The average Bonchev–Trinajstić information content (AvgIpc) is 2.77. The number of hydrogen-bond donors (Lipinski definition) is 1. The van der Waals surface area contributed by atoms with Crippen LogP contribution in [0, 0.1) is 10.1 Å². The predicted octanol–water partition coefficient (Wildman–Crippen LogP) is 2.19. The van der Waals surface area contributed by atoms with Gasteiger partial charge in [0.15, 0.2) is 0 Å². The zero-order valence-electron chi connectivity index (χ0n) is 11.2. The first-order valence-corrected chi connectivity index (χ1v) is 6.94. The van der Waals surface area contributed by atoms with Crippen molar-refractivity contribution in [2.45, 2.75) is 37.6 Å². The van der Waals surface area contributed by atoms with Crippen LogP contribution in [0.2, 0.25) is 0 Å². The fraction of sp³-hybridized carbons (Fsp3) is 0.500. The minimum absolute atomic E-state index is 0.0740. The number of nitrogens with one attached hydrogen (secondary N) is 1. The van der Waals surface area contributed by atoms with Crippen LogP contribution >= 0.6 is 0 Å². The van der Waals surface area contributed by atoms with E-state index in [0.29, 0.717) is 6.67 Å². The number of rotatable bonds is 2. The van der Waals surface area contributed by atoms with Gasteiger partial charge in [0.2, 0.25) is 5.91 Å². The molecule has 0 aromatic heterocycles. The Morgan fingerprint density at radius 3 is 2.40 bits per heavy atom. The van der Waals surface area contributed by atoms with Gasteiger partial charge >= 0.3 is 0 Å². The van der Waals surface area contributed by atoms with E-state index in [4.69, 9.17) is 0 Å². The van der Waals surface area contributed by atoms with Crippen molar-refractivity contribution >= 4 is 17.3 Å². The second kappa shape index (κ2) is 4.77. The molecular formula is C14H17N3O3. The van der Waals surface area contributed by atoms with Crippen LogP contribution in [-0.2, 0) is 4.79 Å². The maximum absolute atomic E-state index is 12.2. The summed E-state index contributed by atoms with van der Waals surface area (Å²) in [5.41, 5.74) is 0.495. The lowest BCUT2D eigenvalue weighted by Gasteiger charge is -2.39. The third kappa shape index (κ3) is 1.92. The van der Waals surface area contributed by atoms with Gasteiger partial charge in [-0.05, 0) is 25.0 Å². The molecule has 20 heavy (non-hydrogen) atoms. The molecule has 1 saturated carbocycles. The largest absolute Gasteiger partial charge is 0.339 e. The Bertz CT molecular complexity index is 535. The number of nitrogens with zero attached hydrogens (tertiary/aromatic N) is 2. The number of nitro benzene ring substituents is 1. The molecule has 2 fully saturated rings. The standard InChI is InChI=1S/C14H17N3O3/c18-13-14(8-2-1-3-9-14)16(10-15-13)11-4-6-12(7-5-11)17(19)20/h4-7H,1-3,8-10H2,(H,15,18). The van der Waals surface area contributed by atoms with E-state index >= 15 is 0 Å². The van der Waals surface area contributed by atoms with Gasteiger partial charge in [-0.1, -0.05) is 19.3 Å². The quantitative estimate of drug-likeness (QED) is 0.663. The molecule has 1 N–H and O–H groups in total. The summed E-state index contributed by atoms with van der Waals surface area (Å²) in [5, 5.41) is 13.6. The lowest BCUT2D eigenvalue weighted by Crippen LogP contribution is -2.50. The number of anilines is 1. The van der Waals surface area contributed by atoms with Crippen molar-refractivity contribution in [3.05, 3.63) is 34.4 Å². The van der Waals surface area contributed by atoms with Crippen LogP contribution in [0.5, 0.6) is 0 Å². The normalized spacial score (nSPS) is 21.0. The number of nitro groups is 1. The predicted molar refractivity (Wildman–Crippen MR) is 74.4 cm³/mol. The molecule has 0 radical (unpaired) electrons. The first-order valence-electron chi connectivity index (χ1n) is 6.94. The van der Waals surface area contributed by atoms with Crippen molar-refractivity contribution in [3.8, 4) is 0 Å². The lowest BCUT2D eigenvalue weighted by molar-refractivity contribution is -0.384. The minimum atomic E-state index is -0.450. The smallest absolute Gasteiger partial charge is 0.269 e. The summed E-state index contributed by atoms with van der Waals surface area (Å²) < 4.78 is 0. The first kappa shape index (κ1) is 12.9. The number of carbonyl (C=O) groups excluding carboxylic acids is 1. The van der Waals surface area contributed by atoms with Gasteiger partial charge < -0.3 is 10.2 Å². The van der Waals surface area contributed by atoms with E-state index < -0.39 is 10.5 Å². The van der Waals surface area contributed by atoms with Crippen LogP contribution < -0.4 is 10.2 Å². The van der Waals surface area contributed by atoms with E-state index in [1.807, 2.05) is 0 Å². The van der Waals surface area contributed by atoms with Gasteiger partial charge in [0, 0.05) is 17.8 Å². The van der Waals surface area contributed by atoms with Crippen LogP contribution in [0.15, 0.2) is 24.3 Å². The number of hydrogen-bond acceptors (Lipinski definition) is 4. The molecule has 1 heterocycles. The zero-order chi connectivity index (χ0) is 14.2. The topological polar surface area (TPSA) is 75.5 Å². The SMILES string of the molecule is O=C1NCN(c2ccc([N+](=O)[O-])cc2)C12CCCCC2. The van der Waals surface area contributed by atoms with Gasteiger partial charge in [0.25, 0.3) is 5.69 Å². The van der Waals surface area contributed by atoms with E-state index in [2.05, 4.69) is 10.2 Å². The molecule has 1 aromatic carbocycles. The van der Waals surface area contributed by atoms with Crippen LogP contribution in [0.1, 0.15) is 32.1 Å². The molecule has 2 aliphatic rings. The monoisotopic (exact) mass is 275 g/mol. The molecule has 1 amide bonds. The third-order valence-corrected chi connectivity index (χ3v) is 4.39. The molecule has 1 aliphatic carbocycles. The Morgan fingerprint density at radius 2 is 1.80 bits per heavy atom. The molecule has 0 bridgehead atoms. The highest BCUT2D eigenvalue weighted by molar-refractivity contribution is 5.93. The van der Waals surface area contributed by atoms with Gasteiger partial charge in [-0.3, -0.25) is 14.9 Å². The molecule has 1 spiro atoms. The summed E-state index contributed by atoms with van der Waals surface area (Å²) >= 11 is 0. The summed E-state index contributed by atoms with van der Waals surface area (Å²) in [5.74, 6) is 0.0931. The van der Waals surface area contributed by atoms with E-state index in [9.17, 15) is 14.9 Å². The first-order chi connectivity index (χ1) is 9.63. The van der Waals surface area contributed by atoms with Crippen LogP contribution in [-0.4, -0.2) is 23.0 Å². The maximum Gasteiger partial charge on any atom is 0.269 e. The summed E-state index contributed by atoms with van der Waals surface area (Å²) in [4.78, 5) is 24.6. The molecule has 1 aromatic rings. The fourth-order valence-electron chi connectivity index (χ4n) is 3.32. The van der Waals surface area contributed by atoms with E-state index in [1.165, 1.54) is 18.6 Å². The molecule has 0 unspecified atom stereocenters. The lowest BCUT2D eigenvalue weighted by atomic mass is 9.80. The van der Waals surface area contributed by atoms with Gasteiger partial charge in [-0.2, -0.15) is 0 Å². The van der Waals surface area contributed by atoms with Crippen molar-refractivity contribution in [2.75, 3.05) is 11.6 Å². The van der Waals surface area contributed by atoms with Crippen molar-refractivity contribution in [2.24, 2.45) is 0 Å². The van der Waals surface area contributed by atoms with Gasteiger partial charge in [0.1, 0.15) is 5.54 Å². The molecule has 6 heteroatoms. The van der Waals surface area contributed by atoms with Crippen molar-refractivity contribution in [1.29, 1.82) is 0 Å². The van der Waals surface area contributed by atoms with Crippen LogP contribution in [0.25, 0.3) is 0 Å². The fourth-order valence-corrected chi connectivity index (χ4v) is 3.32. The van der Waals surface area contributed by atoms with Crippen molar-refractivity contribution in [3.63, 3.8) is 0 Å². The Kier molecular flexibility index (Phi) is 3.08. The summed E-state index contributed by atoms with van der Waals surface area (Å²) in [6.07, 6.45) is 4.99. The van der Waals surface area contributed by atoms with E-state index in [1.54, 1.807) is 12.1 Å². The molecule has 0 atom stereocenters. The second-order valence-corrected chi connectivity index (χ2v) is 5.46. The number of amides is 1. The third-order valence-electron chi connectivity index (χ3n) is 4.39. The Hall–Kier alpha value is -2.11. The molecule has 6 nitrogen and oxygen atoms in total. The highest BCUT2D eigenvalue weighted by Gasteiger charge is 2.48. The van der Waals surface area contributed by atoms with E-state index in [-0.39, 0.29) is 11.6 Å². The summed E-state index contributed by atoms with van der Waals surface area (Å²) in [6.45, 7) is 0.483. The maximum atomic E-state index is 12.2. The average molecular weight is 275 g/mol. The summed E-state index contributed by atoms with van der Waals surface area (Å²) in [7, 11) is 0. The zero-order valence-corrected chi connectivity index (χ0v) is 11.2. The van der Waals surface area contributed by atoms with E-state index in [0.717, 1.165) is 31.4 Å². The Balaban J connectivity index is 1.92. The highest BCUT2D eigenvalue weighted by atomic mass is 16.6. The molecule has 3 rings (SSSR count). The molecule has 1 saturated heterocycles. The van der Waals surface area contributed by atoms with Crippen molar-refractivity contribution < 1.29 is 9.72 Å². The second-order valence-electron chi connectivity index (χ2n) is 5.46. The van der Waals surface area contributed by atoms with Gasteiger partial charge in [-0.25, -0.2) is 0 Å². The number of benzene rings is 1. The molecular weight excluding hydrogens is 258 g/mol. The minimum Gasteiger partial charge on any atom is -0.339 e. The Labute approximate surface area is 116 Å². The molecule has 1 aliphatic heterocycles. The Morgan fingerprint density at radius 1 is 1.15 bits per heavy atom. The number of carbonyl (C=O) groups is 1. The highest BCUT2D eigenvalue weighted by Crippen LogP contribution is 2.39. The molecule has 106 valence electrons. The number of non-ortho nitro benzene ring substituents is 1. The van der Waals surface area contributed by atoms with Gasteiger partial charge in [-0.15, -0.1) is 0 Å². The van der Waals surface area contributed by atoms with Crippen LogP contribution in [0.4, 0.5) is 11.4 Å². The van der Waals surface area contributed by atoms with Crippen LogP contribution in [0.3, 0.4) is 0 Å².